The molecule has 0 fully saturated rings. The summed E-state index contributed by atoms with van der Waals surface area (Å²) in [7, 11) is 1.22. The van der Waals surface area contributed by atoms with Gasteiger partial charge in [-0.3, -0.25) is 9.36 Å². The van der Waals surface area contributed by atoms with Gasteiger partial charge in [-0.25, -0.2) is 0 Å². The van der Waals surface area contributed by atoms with Crippen LogP contribution in [0.3, 0.4) is 0 Å². The van der Waals surface area contributed by atoms with Crippen molar-refractivity contribution >= 4 is 13.8 Å². The zero-order valence-corrected chi connectivity index (χ0v) is 23.1. The number of phosphoric acid groups is 1. The fourth-order valence-electron chi connectivity index (χ4n) is 2.77. The number of carbonyl (C=O) groups is 1. The Labute approximate surface area is 212 Å². The standard InChI is InChI=1S/C26H48NO7P/c1-5-6-7-8-9-10-11-12-13-14-15-16-17-18-19-20-26(29)32-23-25(28)24-34-35(30,31)33-22-21-27(2,3)4/h9-10,12-13,15-16,25,28H,5-8,11,14,17-24H2,1-4H3/b10-9-,13-12-,16-15-. The molecule has 2 unspecified atom stereocenters. The van der Waals surface area contributed by atoms with Crippen molar-refractivity contribution in [3.63, 3.8) is 0 Å². The molecule has 8 nitrogen and oxygen atoms in total. The minimum Gasteiger partial charge on any atom is -0.756 e. The molecule has 1 N–H and O–H groups in total. The third-order valence-electron chi connectivity index (χ3n) is 4.89. The van der Waals surface area contributed by atoms with Gasteiger partial charge in [0.25, 0.3) is 7.82 Å². The van der Waals surface area contributed by atoms with E-state index in [0.717, 1.165) is 25.7 Å². The molecule has 2 atom stereocenters. The number of allylic oxidation sites excluding steroid dienone is 6. The van der Waals surface area contributed by atoms with Gasteiger partial charge >= 0.3 is 5.97 Å². The van der Waals surface area contributed by atoms with Gasteiger partial charge < -0.3 is 28.3 Å². The van der Waals surface area contributed by atoms with E-state index < -0.39 is 26.5 Å². The maximum Gasteiger partial charge on any atom is 0.305 e. The molecule has 0 aliphatic carbocycles. The van der Waals surface area contributed by atoms with E-state index in [1.165, 1.54) is 25.7 Å². The molecule has 0 amide bonds. The maximum atomic E-state index is 11.8. The Morgan fingerprint density at radius 3 is 2.06 bits per heavy atom. The smallest absolute Gasteiger partial charge is 0.305 e. The lowest BCUT2D eigenvalue weighted by Crippen LogP contribution is -2.37. The van der Waals surface area contributed by atoms with Crippen LogP contribution in [0.1, 0.15) is 71.1 Å². The van der Waals surface area contributed by atoms with Crippen LogP contribution in [0.15, 0.2) is 36.5 Å². The molecule has 0 aromatic heterocycles. The van der Waals surface area contributed by atoms with Crippen LogP contribution in [0.25, 0.3) is 0 Å². The number of unbranched alkanes of at least 4 members (excludes halogenated alkanes) is 5. The van der Waals surface area contributed by atoms with Gasteiger partial charge in [0.05, 0.1) is 27.7 Å². The number of ether oxygens (including phenoxy) is 1. The monoisotopic (exact) mass is 517 g/mol. The Morgan fingerprint density at radius 2 is 1.49 bits per heavy atom. The minimum atomic E-state index is -4.50. The van der Waals surface area contributed by atoms with E-state index in [2.05, 4.69) is 47.9 Å². The molecule has 0 saturated heterocycles. The fourth-order valence-corrected chi connectivity index (χ4v) is 3.51. The van der Waals surface area contributed by atoms with Crippen LogP contribution >= 0.6 is 7.82 Å². The number of aliphatic hydroxyl groups is 1. The zero-order chi connectivity index (χ0) is 26.4. The summed E-state index contributed by atoms with van der Waals surface area (Å²) in [6.07, 6.45) is 21.4. The van der Waals surface area contributed by atoms with Gasteiger partial charge in [-0.2, -0.15) is 0 Å². The number of quaternary nitrogens is 1. The van der Waals surface area contributed by atoms with Crippen LogP contribution in [-0.2, 0) is 23.1 Å². The van der Waals surface area contributed by atoms with E-state index in [0.29, 0.717) is 17.4 Å². The van der Waals surface area contributed by atoms with Gasteiger partial charge in [-0.1, -0.05) is 56.2 Å². The summed E-state index contributed by atoms with van der Waals surface area (Å²) < 4.78 is 26.6. The summed E-state index contributed by atoms with van der Waals surface area (Å²) in [5.41, 5.74) is 0. The summed E-state index contributed by atoms with van der Waals surface area (Å²) in [6, 6.07) is 0. The number of likely N-dealkylation sites (N-methyl/N-ethyl adjacent to an activating group) is 1. The van der Waals surface area contributed by atoms with Crippen molar-refractivity contribution in [3.8, 4) is 0 Å². The van der Waals surface area contributed by atoms with Gasteiger partial charge in [-0.15, -0.1) is 0 Å². The predicted octanol–water partition coefficient (Wildman–Crippen LogP) is 4.69. The number of rotatable bonds is 22. The number of carbonyl (C=O) groups excluding carboxylic acids is 1. The second-order valence-electron chi connectivity index (χ2n) is 9.55. The summed E-state index contributed by atoms with van der Waals surface area (Å²) >= 11 is 0. The number of hydrogen-bond acceptors (Lipinski definition) is 7. The number of esters is 1. The van der Waals surface area contributed by atoms with Crippen molar-refractivity contribution in [1.82, 2.24) is 0 Å². The van der Waals surface area contributed by atoms with Gasteiger partial charge in [0.2, 0.25) is 0 Å². The van der Waals surface area contributed by atoms with Gasteiger partial charge in [0.1, 0.15) is 25.9 Å². The lowest BCUT2D eigenvalue weighted by molar-refractivity contribution is -0.870. The van der Waals surface area contributed by atoms with E-state index in [1.54, 1.807) is 0 Å². The molecule has 204 valence electrons. The minimum absolute atomic E-state index is 0.0158. The van der Waals surface area contributed by atoms with E-state index in [9.17, 15) is 19.4 Å². The second-order valence-corrected chi connectivity index (χ2v) is 11.0. The molecule has 9 heteroatoms. The average molecular weight is 518 g/mol. The molecule has 0 aromatic carbocycles. The van der Waals surface area contributed by atoms with Crippen LogP contribution in [0.4, 0.5) is 0 Å². The zero-order valence-electron chi connectivity index (χ0n) is 22.2. The third kappa shape index (κ3) is 25.6. The van der Waals surface area contributed by atoms with Crippen LogP contribution < -0.4 is 4.89 Å². The van der Waals surface area contributed by atoms with Crippen molar-refractivity contribution in [2.75, 3.05) is 47.5 Å². The summed E-state index contributed by atoms with van der Waals surface area (Å²) in [6.45, 7) is 1.84. The largest absolute Gasteiger partial charge is 0.756 e. The molecule has 0 aromatic rings. The van der Waals surface area contributed by atoms with Crippen LogP contribution in [0, 0.1) is 0 Å². The molecule has 0 radical (unpaired) electrons. The molecule has 0 heterocycles. The van der Waals surface area contributed by atoms with Gasteiger partial charge in [-0.05, 0) is 44.9 Å². The first-order valence-corrected chi connectivity index (χ1v) is 14.2. The molecular formula is C26H48NO7P. The van der Waals surface area contributed by atoms with E-state index in [-0.39, 0.29) is 19.6 Å². The molecule has 35 heavy (non-hydrogen) atoms. The fraction of sp³-hybridized carbons (Fsp3) is 0.731. The van der Waals surface area contributed by atoms with Crippen molar-refractivity contribution in [2.24, 2.45) is 0 Å². The first kappa shape index (κ1) is 33.7. The van der Waals surface area contributed by atoms with Crippen LogP contribution in [0.2, 0.25) is 0 Å². The Hall–Kier alpha value is -1.28. The highest BCUT2D eigenvalue weighted by Crippen LogP contribution is 2.38. The van der Waals surface area contributed by atoms with E-state index in [4.69, 9.17) is 9.26 Å². The van der Waals surface area contributed by atoms with Crippen molar-refractivity contribution in [2.45, 2.75) is 77.2 Å². The Balaban J connectivity index is 3.73. The first-order valence-electron chi connectivity index (χ1n) is 12.7. The second kappa shape index (κ2) is 20.9. The molecule has 0 aliphatic heterocycles. The molecular weight excluding hydrogens is 469 g/mol. The molecule has 0 rings (SSSR count). The topological polar surface area (TPSA) is 105 Å². The summed E-state index contributed by atoms with van der Waals surface area (Å²) in [4.78, 5) is 23.4. The molecule has 0 bridgehead atoms. The third-order valence-corrected chi connectivity index (χ3v) is 5.86. The highest BCUT2D eigenvalue weighted by Gasteiger charge is 2.16. The van der Waals surface area contributed by atoms with Crippen LogP contribution in [-0.4, -0.2) is 69.2 Å². The average Bonchev–Trinajstić information content (AvgIpc) is 2.78. The van der Waals surface area contributed by atoms with Crippen molar-refractivity contribution < 1.29 is 37.6 Å². The SMILES string of the molecule is CCCCC/C=C\C/C=C\C/C=C\CCCCC(=O)OCC(O)COP(=O)([O-])OCC[N+](C)(C)C. The summed E-state index contributed by atoms with van der Waals surface area (Å²) in [5, 5.41) is 9.78. The lowest BCUT2D eigenvalue weighted by atomic mass is 10.1. The quantitative estimate of drug-likeness (QED) is 0.0730. The summed E-state index contributed by atoms with van der Waals surface area (Å²) in [5.74, 6) is -0.428. The van der Waals surface area contributed by atoms with Crippen molar-refractivity contribution in [3.05, 3.63) is 36.5 Å². The number of hydrogen-bond donors (Lipinski definition) is 1. The molecule has 0 aliphatic rings. The number of aliphatic hydroxyl groups excluding tert-OH is 1. The van der Waals surface area contributed by atoms with Crippen molar-refractivity contribution in [1.29, 1.82) is 0 Å². The van der Waals surface area contributed by atoms with Gasteiger partial charge in [0.15, 0.2) is 0 Å². The van der Waals surface area contributed by atoms with E-state index >= 15 is 0 Å². The number of nitrogens with zero attached hydrogens (tertiary/aromatic N) is 1. The number of phosphoric ester groups is 1. The Kier molecular flexibility index (Phi) is 20.1. The van der Waals surface area contributed by atoms with Gasteiger partial charge in [0, 0.05) is 6.42 Å². The molecule has 0 spiro atoms. The highest BCUT2D eigenvalue weighted by molar-refractivity contribution is 7.45. The Morgan fingerprint density at radius 1 is 0.914 bits per heavy atom. The Bertz CT molecular complexity index is 671. The van der Waals surface area contributed by atoms with Crippen LogP contribution in [0.5, 0.6) is 0 Å². The molecule has 0 saturated carbocycles. The highest BCUT2D eigenvalue weighted by atomic mass is 31.2. The predicted molar refractivity (Wildman–Crippen MR) is 139 cm³/mol. The lowest BCUT2D eigenvalue weighted by Gasteiger charge is -2.27. The first-order chi connectivity index (χ1) is 16.6. The van der Waals surface area contributed by atoms with E-state index in [1.807, 2.05) is 21.1 Å². The normalized spacial score (nSPS) is 15.3. The maximum absolute atomic E-state index is 11.8.